The van der Waals surface area contributed by atoms with Crippen LogP contribution in [0.15, 0.2) is 78.9 Å². The highest BCUT2D eigenvalue weighted by molar-refractivity contribution is 5.88. The zero-order chi connectivity index (χ0) is 26.0. The van der Waals surface area contributed by atoms with Gasteiger partial charge in [-0.2, -0.15) is 0 Å². The Hall–Kier alpha value is -3.74. The first kappa shape index (κ1) is 26.3. The van der Waals surface area contributed by atoms with Crippen molar-refractivity contribution in [3.63, 3.8) is 0 Å². The van der Waals surface area contributed by atoms with Crippen molar-refractivity contribution in [1.82, 2.24) is 10.2 Å². The Morgan fingerprint density at radius 1 is 0.892 bits per heavy atom. The number of hydrogen-bond acceptors (Lipinski definition) is 3. The summed E-state index contributed by atoms with van der Waals surface area (Å²) in [5, 5.41) is 3.15. The number of benzene rings is 3. The van der Waals surface area contributed by atoms with E-state index in [1.54, 1.807) is 18.2 Å². The Kier molecular flexibility index (Phi) is 9.24. The first-order chi connectivity index (χ1) is 18.0. The van der Waals surface area contributed by atoms with Crippen LogP contribution in [0.25, 0.3) is 0 Å². The van der Waals surface area contributed by atoms with E-state index in [2.05, 4.69) is 5.32 Å². The third kappa shape index (κ3) is 7.62. The summed E-state index contributed by atoms with van der Waals surface area (Å²) in [4.78, 5) is 28.6. The molecule has 0 heterocycles. The largest absolute Gasteiger partial charge is 0.484 e. The molecule has 5 nitrogen and oxygen atoms in total. The molecule has 0 aromatic heterocycles. The van der Waals surface area contributed by atoms with Crippen molar-refractivity contribution in [2.75, 3.05) is 6.61 Å². The summed E-state index contributed by atoms with van der Waals surface area (Å²) in [6.45, 7) is -0.462. The standard InChI is InChI=1S/C30H32F2N2O3/c31-24-15-17-26(18-16-24)37-21-29(35)34(20-23-11-7-8-14-27(23)32)28(19-22-9-3-1-4-10-22)30(36)33-25-12-5-2-6-13-25/h1,3-4,7-11,14-18,25,28H,2,5-6,12-13,19-21H2,(H,33,36)/t28-/m0/s1. The predicted octanol–water partition coefficient (Wildman–Crippen LogP) is 5.43. The van der Waals surface area contributed by atoms with Crippen LogP contribution >= 0.6 is 0 Å². The van der Waals surface area contributed by atoms with Crippen LogP contribution in [-0.4, -0.2) is 35.4 Å². The van der Waals surface area contributed by atoms with Gasteiger partial charge >= 0.3 is 0 Å². The molecular weight excluding hydrogens is 474 g/mol. The smallest absolute Gasteiger partial charge is 0.261 e. The fourth-order valence-electron chi connectivity index (χ4n) is 4.67. The molecule has 194 valence electrons. The summed E-state index contributed by atoms with van der Waals surface area (Å²) >= 11 is 0. The summed E-state index contributed by atoms with van der Waals surface area (Å²) in [5.41, 5.74) is 1.19. The number of ether oxygens (including phenoxy) is 1. The second-order valence-electron chi connectivity index (χ2n) is 9.40. The number of rotatable bonds is 10. The lowest BCUT2D eigenvalue weighted by atomic mass is 9.94. The van der Waals surface area contributed by atoms with E-state index >= 15 is 0 Å². The van der Waals surface area contributed by atoms with Gasteiger partial charge in [-0.25, -0.2) is 8.78 Å². The molecule has 4 rings (SSSR count). The number of halogens is 2. The van der Waals surface area contributed by atoms with Gasteiger partial charge in [-0.3, -0.25) is 9.59 Å². The van der Waals surface area contributed by atoms with Gasteiger partial charge in [-0.15, -0.1) is 0 Å². The van der Waals surface area contributed by atoms with Crippen molar-refractivity contribution in [2.45, 2.75) is 57.2 Å². The minimum atomic E-state index is -0.867. The zero-order valence-corrected chi connectivity index (χ0v) is 20.7. The normalized spacial score (nSPS) is 14.5. The van der Waals surface area contributed by atoms with Gasteiger partial charge in [-0.05, 0) is 48.7 Å². The number of carbonyl (C=O) groups excluding carboxylic acids is 2. The lowest BCUT2D eigenvalue weighted by Gasteiger charge is -2.33. The Morgan fingerprint density at radius 3 is 2.27 bits per heavy atom. The lowest BCUT2D eigenvalue weighted by molar-refractivity contribution is -0.143. The third-order valence-corrected chi connectivity index (χ3v) is 6.70. The van der Waals surface area contributed by atoms with E-state index < -0.39 is 23.6 Å². The van der Waals surface area contributed by atoms with Gasteiger partial charge in [0.1, 0.15) is 23.4 Å². The molecule has 3 aromatic carbocycles. The first-order valence-electron chi connectivity index (χ1n) is 12.7. The molecule has 0 radical (unpaired) electrons. The number of nitrogens with zero attached hydrogens (tertiary/aromatic N) is 1. The molecule has 7 heteroatoms. The van der Waals surface area contributed by atoms with E-state index in [9.17, 15) is 18.4 Å². The number of nitrogens with one attached hydrogen (secondary N) is 1. The fraction of sp³-hybridized carbons (Fsp3) is 0.333. The summed E-state index contributed by atoms with van der Waals surface area (Å²) in [6, 6.07) is 20.2. The molecule has 0 spiro atoms. The molecule has 1 aliphatic rings. The summed E-state index contributed by atoms with van der Waals surface area (Å²) < 4.78 is 33.6. The van der Waals surface area contributed by atoms with Gasteiger partial charge < -0.3 is 15.0 Å². The Balaban J connectivity index is 1.61. The molecule has 1 atom stereocenters. The number of amides is 2. The van der Waals surface area contributed by atoms with Crippen LogP contribution in [0.3, 0.4) is 0 Å². The molecule has 3 aromatic rings. The molecule has 1 saturated carbocycles. The maximum Gasteiger partial charge on any atom is 0.261 e. The minimum Gasteiger partial charge on any atom is -0.484 e. The van der Waals surface area contributed by atoms with E-state index in [0.717, 1.165) is 37.7 Å². The van der Waals surface area contributed by atoms with Crippen molar-refractivity contribution in [3.05, 3.63) is 102 Å². The molecule has 0 aliphatic heterocycles. The Bertz CT molecular complexity index is 1160. The Morgan fingerprint density at radius 2 is 1.57 bits per heavy atom. The van der Waals surface area contributed by atoms with E-state index in [4.69, 9.17) is 4.74 Å². The van der Waals surface area contributed by atoms with Crippen molar-refractivity contribution < 1.29 is 23.1 Å². The van der Waals surface area contributed by atoms with E-state index in [1.807, 2.05) is 30.3 Å². The van der Waals surface area contributed by atoms with Crippen molar-refractivity contribution in [2.24, 2.45) is 0 Å². The van der Waals surface area contributed by atoms with Gasteiger partial charge in [0, 0.05) is 24.6 Å². The molecule has 0 unspecified atom stereocenters. The van der Waals surface area contributed by atoms with Gasteiger partial charge in [0.2, 0.25) is 5.91 Å². The average Bonchev–Trinajstić information content (AvgIpc) is 2.92. The van der Waals surface area contributed by atoms with Gasteiger partial charge in [-0.1, -0.05) is 67.8 Å². The number of hydrogen-bond donors (Lipinski definition) is 1. The van der Waals surface area contributed by atoms with Crippen LogP contribution in [0, 0.1) is 11.6 Å². The van der Waals surface area contributed by atoms with Crippen LogP contribution in [0.4, 0.5) is 8.78 Å². The predicted molar refractivity (Wildman–Crippen MR) is 138 cm³/mol. The molecular formula is C30H32F2N2O3. The molecule has 1 aliphatic carbocycles. The second-order valence-corrected chi connectivity index (χ2v) is 9.40. The highest BCUT2D eigenvalue weighted by atomic mass is 19.1. The maximum atomic E-state index is 14.7. The number of carbonyl (C=O) groups is 2. The van der Waals surface area contributed by atoms with Crippen molar-refractivity contribution in [3.8, 4) is 5.75 Å². The van der Waals surface area contributed by atoms with Gasteiger partial charge in [0.05, 0.1) is 0 Å². The van der Waals surface area contributed by atoms with Crippen LogP contribution < -0.4 is 10.1 Å². The van der Waals surface area contributed by atoms with Crippen molar-refractivity contribution in [1.29, 1.82) is 0 Å². The molecule has 0 saturated heterocycles. The molecule has 2 amide bonds. The molecule has 37 heavy (non-hydrogen) atoms. The first-order valence-corrected chi connectivity index (χ1v) is 12.7. The molecule has 1 fully saturated rings. The highest BCUT2D eigenvalue weighted by Crippen LogP contribution is 2.21. The topological polar surface area (TPSA) is 58.6 Å². The second kappa shape index (κ2) is 13.0. The maximum absolute atomic E-state index is 14.7. The summed E-state index contributed by atoms with van der Waals surface area (Å²) in [7, 11) is 0. The fourth-order valence-corrected chi connectivity index (χ4v) is 4.67. The highest BCUT2D eigenvalue weighted by Gasteiger charge is 2.32. The zero-order valence-electron chi connectivity index (χ0n) is 20.7. The Labute approximate surface area is 216 Å². The quantitative estimate of drug-likeness (QED) is 0.399. The average molecular weight is 507 g/mol. The SMILES string of the molecule is O=C(NC1CCCCC1)[C@H](Cc1ccccc1)N(Cc1ccccc1F)C(=O)COc1ccc(F)cc1. The summed E-state index contributed by atoms with van der Waals surface area (Å²) in [5.74, 6) is -1.27. The summed E-state index contributed by atoms with van der Waals surface area (Å²) in [6.07, 6.45) is 5.33. The minimum absolute atomic E-state index is 0.0559. The van der Waals surface area contributed by atoms with Crippen LogP contribution in [-0.2, 0) is 22.6 Å². The van der Waals surface area contributed by atoms with E-state index in [1.165, 1.54) is 35.2 Å². The van der Waals surface area contributed by atoms with Crippen molar-refractivity contribution >= 4 is 11.8 Å². The van der Waals surface area contributed by atoms with Gasteiger partial charge in [0.25, 0.3) is 5.91 Å². The monoisotopic (exact) mass is 506 g/mol. The van der Waals surface area contributed by atoms with Gasteiger partial charge in [0.15, 0.2) is 6.61 Å². The lowest BCUT2D eigenvalue weighted by Crippen LogP contribution is -2.53. The van der Waals surface area contributed by atoms with E-state index in [0.29, 0.717) is 11.3 Å². The molecule has 0 bridgehead atoms. The van der Waals surface area contributed by atoms with Crippen LogP contribution in [0.5, 0.6) is 5.75 Å². The third-order valence-electron chi connectivity index (χ3n) is 6.70. The molecule has 1 N–H and O–H groups in total. The van der Waals surface area contributed by atoms with E-state index in [-0.39, 0.29) is 31.5 Å². The van der Waals surface area contributed by atoms with Crippen LogP contribution in [0.1, 0.15) is 43.2 Å². The van der Waals surface area contributed by atoms with Crippen LogP contribution in [0.2, 0.25) is 0 Å².